The molecule has 0 fully saturated rings. The summed E-state index contributed by atoms with van der Waals surface area (Å²) in [5, 5.41) is 4.04. The predicted molar refractivity (Wildman–Crippen MR) is 106 cm³/mol. The van der Waals surface area contributed by atoms with Crippen molar-refractivity contribution >= 4 is 44.2 Å². The van der Waals surface area contributed by atoms with Gasteiger partial charge in [0.2, 0.25) is 0 Å². The number of rotatable bonds is 4. The Kier molecular flexibility index (Phi) is 5.71. The minimum atomic E-state index is -3.75. The zero-order chi connectivity index (χ0) is 17.9. The van der Waals surface area contributed by atoms with Gasteiger partial charge >= 0.3 is 0 Å². The van der Waals surface area contributed by atoms with Gasteiger partial charge in [0.25, 0.3) is 10.0 Å². The maximum Gasteiger partial charge on any atom is 0.284 e. The third-order valence-corrected chi connectivity index (χ3v) is 6.34. The summed E-state index contributed by atoms with van der Waals surface area (Å²) < 4.78 is 29.4. The zero-order valence-corrected chi connectivity index (χ0v) is 16.2. The minimum Gasteiger partial charge on any atom is -0.334 e. The molecule has 0 bridgehead atoms. The van der Waals surface area contributed by atoms with Crippen LogP contribution in [0.3, 0.4) is 0 Å². The van der Waals surface area contributed by atoms with Gasteiger partial charge < -0.3 is 5.32 Å². The van der Waals surface area contributed by atoms with E-state index in [1.54, 1.807) is 36.4 Å². The molecule has 0 radical (unpaired) electrons. The molecule has 0 unspecified atom stereocenters. The number of halogens is 1. The molecule has 0 saturated heterocycles. The van der Waals surface area contributed by atoms with Gasteiger partial charge in [0.15, 0.2) is 5.17 Å². The molecule has 1 aliphatic rings. The number of nitrogens with one attached hydrogen (secondary N) is 1. The number of aryl methyl sites for hydroxylation is 2. The lowest BCUT2D eigenvalue weighted by Gasteiger charge is -2.09. The van der Waals surface area contributed by atoms with Gasteiger partial charge in [0.05, 0.1) is 4.90 Å². The minimum absolute atomic E-state index is 0.250. The van der Waals surface area contributed by atoms with Crippen LogP contribution in [0.15, 0.2) is 51.8 Å². The summed E-state index contributed by atoms with van der Waals surface area (Å²) in [7, 11) is -3.75. The van der Waals surface area contributed by atoms with Gasteiger partial charge in [-0.3, -0.25) is 0 Å². The maximum absolute atomic E-state index is 12.7. The molecule has 0 saturated carbocycles. The Morgan fingerprint density at radius 1 is 1.16 bits per heavy atom. The summed E-state index contributed by atoms with van der Waals surface area (Å²) in [5.41, 5.74) is 3.10. The third kappa shape index (κ3) is 4.57. The first-order valence-electron chi connectivity index (χ1n) is 8.10. The van der Waals surface area contributed by atoms with Crippen molar-refractivity contribution in [2.45, 2.75) is 31.1 Å². The number of hydrogen-bond acceptors (Lipinski definition) is 3. The van der Waals surface area contributed by atoms with Crippen LogP contribution in [0, 0.1) is 0 Å². The number of thioether (sulfide) groups is 1. The smallest absolute Gasteiger partial charge is 0.284 e. The molecule has 25 heavy (non-hydrogen) atoms. The average molecular weight is 395 g/mol. The molecule has 1 aliphatic carbocycles. The Balaban J connectivity index is 1.88. The van der Waals surface area contributed by atoms with Crippen LogP contribution in [-0.2, 0) is 22.9 Å². The topological polar surface area (TPSA) is 58.5 Å². The van der Waals surface area contributed by atoms with E-state index in [9.17, 15) is 8.42 Å². The van der Waals surface area contributed by atoms with Crippen molar-refractivity contribution in [2.24, 2.45) is 4.40 Å². The second-order valence-electron chi connectivity index (χ2n) is 5.72. The molecule has 2 aromatic rings. The van der Waals surface area contributed by atoms with Crippen LogP contribution < -0.4 is 5.32 Å². The summed E-state index contributed by atoms with van der Waals surface area (Å²) in [6.45, 7) is 1.95. The van der Waals surface area contributed by atoms with Crippen LogP contribution in [0.4, 0.5) is 5.69 Å². The lowest BCUT2D eigenvalue weighted by atomic mass is 10.1. The fourth-order valence-corrected chi connectivity index (χ4v) is 4.74. The van der Waals surface area contributed by atoms with Crippen LogP contribution in [0.25, 0.3) is 0 Å². The first kappa shape index (κ1) is 18.3. The highest BCUT2D eigenvalue weighted by Crippen LogP contribution is 2.26. The van der Waals surface area contributed by atoms with E-state index in [0.29, 0.717) is 15.9 Å². The van der Waals surface area contributed by atoms with Gasteiger partial charge in [-0.05, 0) is 72.5 Å². The van der Waals surface area contributed by atoms with Gasteiger partial charge in [-0.1, -0.05) is 36.4 Å². The number of amidine groups is 1. The van der Waals surface area contributed by atoms with Crippen molar-refractivity contribution < 1.29 is 8.42 Å². The van der Waals surface area contributed by atoms with E-state index in [2.05, 4.69) is 9.71 Å². The first-order valence-corrected chi connectivity index (χ1v) is 10.9. The van der Waals surface area contributed by atoms with Crippen LogP contribution >= 0.6 is 23.4 Å². The Morgan fingerprint density at radius 3 is 2.60 bits per heavy atom. The highest BCUT2D eigenvalue weighted by Gasteiger charge is 2.19. The zero-order valence-electron chi connectivity index (χ0n) is 13.8. The van der Waals surface area contributed by atoms with Crippen molar-refractivity contribution in [3.05, 3.63) is 58.6 Å². The van der Waals surface area contributed by atoms with Gasteiger partial charge in [-0.15, -0.1) is 4.40 Å². The second kappa shape index (κ2) is 7.81. The largest absolute Gasteiger partial charge is 0.334 e. The van der Waals surface area contributed by atoms with E-state index >= 15 is 0 Å². The van der Waals surface area contributed by atoms with Gasteiger partial charge in [-0.25, -0.2) is 0 Å². The first-order chi connectivity index (χ1) is 12.0. The lowest BCUT2D eigenvalue weighted by Crippen LogP contribution is -2.12. The fourth-order valence-electron chi connectivity index (χ4n) is 2.75. The molecule has 0 atom stereocenters. The average Bonchev–Trinajstić information content (AvgIpc) is 3.04. The molecule has 0 spiro atoms. The number of benzene rings is 2. The molecule has 1 N–H and O–H groups in total. The molecular formula is C18H19ClN2O2S2. The summed E-state index contributed by atoms with van der Waals surface area (Å²) in [4.78, 5) is 0.250. The summed E-state index contributed by atoms with van der Waals surface area (Å²) in [5.74, 6) is 0.707. The summed E-state index contributed by atoms with van der Waals surface area (Å²) >= 11 is 7.23. The Hall–Kier alpha value is -1.50. The van der Waals surface area contributed by atoms with E-state index in [0.717, 1.165) is 30.5 Å². The normalized spacial score (nSPS) is 14.4. The van der Waals surface area contributed by atoms with E-state index < -0.39 is 10.0 Å². The molecule has 0 amide bonds. The van der Waals surface area contributed by atoms with E-state index in [4.69, 9.17) is 11.6 Å². The molecule has 4 nitrogen and oxygen atoms in total. The highest BCUT2D eigenvalue weighted by molar-refractivity contribution is 8.14. The Morgan fingerprint density at radius 2 is 1.88 bits per heavy atom. The third-order valence-electron chi connectivity index (χ3n) is 3.95. The predicted octanol–water partition coefficient (Wildman–Crippen LogP) is 4.74. The second-order valence-corrected chi connectivity index (χ2v) is 9.01. The Bertz CT molecular complexity index is 894. The van der Waals surface area contributed by atoms with Crippen molar-refractivity contribution in [3.8, 4) is 0 Å². The van der Waals surface area contributed by atoms with Crippen molar-refractivity contribution in [3.63, 3.8) is 0 Å². The number of sulfonamides is 1. The van der Waals surface area contributed by atoms with Gasteiger partial charge in [-0.2, -0.15) is 8.42 Å². The SMILES string of the molecule is CCSC(=NS(=O)(=O)c1ccc2c(c1)CCC2)Nc1ccc(Cl)cc1. The molecule has 3 rings (SSSR count). The Labute approximate surface area is 157 Å². The summed E-state index contributed by atoms with van der Waals surface area (Å²) in [6.07, 6.45) is 3.03. The van der Waals surface area contributed by atoms with E-state index in [1.807, 2.05) is 13.0 Å². The van der Waals surface area contributed by atoms with Gasteiger partial charge in [0.1, 0.15) is 0 Å². The van der Waals surface area contributed by atoms with Crippen LogP contribution in [0.1, 0.15) is 24.5 Å². The number of anilines is 1. The van der Waals surface area contributed by atoms with Crippen LogP contribution in [0.2, 0.25) is 5.02 Å². The maximum atomic E-state index is 12.7. The molecule has 0 aliphatic heterocycles. The van der Waals surface area contributed by atoms with E-state index in [1.165, 1.54) is 17.3 Å². The van der Waals surface area contributed by atoms with Gasteiger partial charge in [0, 0.05) is 10.7 Å². The molecule has 132 valence electrons. The molecule has 0 heterocycles. The highest BCUT2D eigenvalue weighted by atomic mass is 35.5. The summed E-state index contributed by atoms with van der Waals surface area (Å²) in [6, 6.07) is 12.4. The van der Waals surface area contributed by atoms with E-state index in [-0.39, 0.29) is 4.90 Å². The van der Waals surface area contributed by atoms with Crippen LogP contribution in [-0.4, -0.2) is 19.3 Å². The number of fused-ring (bicyclic) bond motifs is 1. The number of hydrogen-bond donors (Lipinski definition) is 1. The molecule has 2 aromatic carbocycles. The quantitative estimate of drug-likeness (QED) is 0.601. The molecule has 7 heteroatoms. The fraction of sp³-hybridized carbons (Fsp3) is 0.278. The van der Waals surface area contributed by atoms with Crippen LogP contribution in [0.5, 0.6) is 0 Å². The standard InChI is InChI=1S/C18H19ClN2O2S2/c1-2-24-18(20-16-9-7-15(19)8-10-16)21-25(22,23)17-11-6-13-4-3-5-14(13)12-17/h6-12H,2-5H2,1H3,(H,20,21). The van der Waals surface area contributed by atoms with Crippen molar-refractivity contribution in [2.75, 3.05) is 11.1 Å². The monoisotopic (exact) mass is 394 g/mol. The van der Waals surface area contributed by atoms with Crippen molar-refractivity contribution in [1.29, 1.82) is 0 Å². The molecular weight excluding hydrogens is 376 g/mol. The molecule has 0 aromatic heterocycles. The lowest BCUT2D eigenvalue weighted by molar-refractivity contribution is 0.598. The van der Waals surface area contributed by atoms with Crippen molar-refractivity contribution in [1.82, 2.24) is 0 Å². The number of nitrogens with zero attached hydrogens (tertiary/aromatic N) is 1.